The molecule has 0 aliphatic heterocycles. The van der Waals surface area contributed by atoms with Crippen LogP contribution in [-0.4, -0.2) is 0 Å². The van der Waals surface area contributed by atoms with Crippen LogP contribution in [0.15, 0.2) is 42.5 Å². The Morgan fingerprint density at radius 2 is 1.75 bits per heavy atom. The highest BCUT2D eigenvalue weighted by Gasteiger charge is 2.14. The Kier molecular flexibility index (Phi) is 5.03. The highest BCUT2D eigenvalue weighted by molar-refractivity contribution is 6.35. The van der Waals surface area contributed by atoms with Crippen LogP contribution in [0.25, 0.3) is 0 Å². The first-order valence-electron chi connectivity index (χ1n) is 6.44. The van der Waals surface area contributed by atoms with Gasteiger partial charge in [-0.1, -0.05) is 41.4 Å². The van der Waals surface area contributed by atoms with E-state index in [1.54, 1.807) is 12.1 Å². The molecule has 106 valence electrons. The minimum Gasteiger partial charge on any atom is -0.304 e. The standard InChI is InChI=1S/C16H16Cl2FN/c1-10(12-4-3-5-14(19)8-12)20-11(2)15-7-6-13(17)9-16(15)18/h3-11,20H,1-2H3/t10-,11?/m1/s1. The first kappa shape index (κ1) is 15.3. The second-order valence-corrected chi connectivity index (χ2v) is 5.67. The van der Waals surface area contributed by atoms with Gasteiger partial charge in [0.2, 0.25) is 0 Å². The lowest BCUT2D eigenvalue weighted by Crippen LogP contribution is -2.22. The van der Waals surface area contributed by atoms with Gasteiger partial charge in [0.15, 0.2) is 0 Å². The zero-order valence-corrected chi connectivity index (χ0v) is 12.8. The predicted octanol–water partition coefficient (Wildman–Crippen LogP) is 5.54. The van der Waals surface area contributed by atoms with E-state index < -0.39 is 0 Å². The van der Waals surface area contributed by atoms with Gasteiger partial charge < -0.3 is 5.32 Å². The van der Waals surface area contributed by atoms with Crippen LogP contribution in [0.5, 0.6) is 0 Å². The number of nitrogens with one attached hydrogen (secondary N) is 1. The van der Waals surface area contributed by atoms with E-state index in [4.69, 9.17) is 23.2 Å². The van der Waals surface area contributed by atoms with Gasteiger partial charge in [0, 0.05) is 22.1 Å². The molecule has 0 bridgehead atoms. The van der Waals surface area contributed by atoms with Crippen molar-refractivity contribution in [1.29, 1.82) is 0 Å². The second kappa shape index (κ2) is 6.57. The Hall–Kier alpha value is -1.09. The van der Waals surface area contributed by atoms with E-state index in [2.05, 4.69) is 5.32 Å². The van der Waals surface area contributed by atoms with Gasteiger partial charge in [-0.2, -0.15) is 0 Å². The fourth-order valence-electron chi connectivity index (χ4n) is 2.19. The number of halogens is 3. The van der Waals surface area contributed by atoms with Crippen molar-refractivity contribution in [3.05, 3.63) is 69.5 Å². The highest BCUT2D eigenvalue weighted by Crippen LogP contribution is 2.28. The Morgan fingerprint density at radius 3 is 2.40 bits per heavy atom. The summed E-state index contributed by atoms with van der Waals surface area (Å²) in [5.41, 5.74) is 1.88. The van der Waals surface area contributed by atoms with Crippen molar-refractivity contribution in [2.75, 3.05) is 0 Å². The van der Waals surface area contributed by atoms with Crippen molar-refractivity contribution in [2.45, 2.75) is 25.9 Å². The maximum Gasteiger partial charge on any atom is 0.123 e. The van der Waals surface area contributed by atoms with Crippen LogP contribution >= 0.6 is 23.2 Å². The van der Waals surface area contributed by atoms with Crippen LogP contribution in [0.3, 0.4) is 0 Å². The number of rotatable bonds is 4. The topological polar surface area (TPSA) is 12.0 Å². The summed E-state index contributed by atoms with van der Waals surface area (Å²) in [6.45, 7) is 4.01. The van der Waals surface area contributed by atoms with Gasteiger partial charge in [-0.3, -0.25) is 0 Å². The minimum atomic E-state index is -0.228. The molecule has 4 heteroatoms. The van der Waals surface area contributed by atoms with Crippen molar-refractivity contribution in [2.24, 2.45) is 0 Å². The third-order valence-corrected chi connectivity index (χ3v) is 3.84. The Bertz CT molecular complexity index is 601. The molecule has 0 aliphatic carbocycles. The van der Waals surface area contributed by atoms with Crippen molar-refractivity contribution in [1.82, 2.24) is 5.32 Å². The molecule has 1 unspecified atom stereocenters. The van der Waals surface area contributed by atoms with E-state index in [0.717, 1.165) is 11.1 Å². The molecule has 0 fully saturated rings. The van der Waals surface area contributed by atoms with Gasteiger partial charge >= 0.3 is 0 Å². The van der Waals surface area contributed by atoms with Gasteiger partial charge in [-0.05, 0) is 49.2 Å². The third kappa shape index (κ3) is 3.72. The average Bonchev–Trinajstić information content (AvgIpc) is 2.38. The van der Waals surface area contributed by atoms with Crippen molar-refractivity contribution >= 4 is 23.2 Å². The largest absolute Gasteiger partial charge is 0.304 e. The molecule has 1 nitrogen and oxygen atoms in total. The molecule has 0 aliphatic rings. The van der Waals surface area contributed by atoms with Gasteiger partial charge in [0.25, 0.3) is 0 Å². The zero-order valence-electron chi connectivity index (χ0n) is 11.3. The quantitative estimate of drug-likeness (QED) is 0.781. The summed E-state index contributed by atoms with van der Waals surface area (Å²) in [6.07, 6.45) is 0. The third-order valence-electron chi connectivity index (χ3n) is 3.28. The van der Waals surface area contributed by atoms with Gasteiger partial charge in [0.1, 0.15) is 5.82 Å². The molecule has 0 spiro atoms. The molecule has 2 aromatic carbocycles. The Morgan fingerprint density at radius 1 is 1.00 bits per heavy atom. The SMILES string of the molecule is CC(N[C@H](C)c1cccc(F)c1)c1ccc(Cl)cc1Cl. The maximum atomic E-state index is 13.2. The van der Waals surface area contributed by atoms with Crippen LogP contribution < -0.4 is 5.32 Å². The van der Waals surface area contributed by atoms with Crippen LogP contribution in [0.4, 0.5) is 4.39 Å². The van der Waals surface area contributed by atoms with E-state index in [1.807, 2.05) is 32.0 Å². The lowest BCUT2D eigenvalue weighted by molar-refractivity contribution is 0.492. The first-order chi connectivity index (χ1) is 9.47. The molecular formula is C16H16Cl2FN. The molecule has 1 N–H and O–H groups in total. The van der Waals surface area contributed by atoms with Gasteiger partial charge in [0.05, 0.1) is 0 Å². The minimum absolute atomic E-state index is 0.0208. The smallest absolute Gasteiger partial charge is 0.123 e. The molecule has 0 aromatic heterocycles. The average molecular weight is 312 g/mol. The van der Waals surface area contributed by atoms with Gasteiger partial charge in [-0.25, -0.2) is 4.39 Å². The molecule has 0 saturated heterocycles. The maximum absolute atomic E-state index is 13.2. The summed E-state index contributed by atoms with van der Waals surface area (Å²) in [7, 11) is 0. The van der Waals surface area contributed by atoms with Crippen LogP contribution in [-0.2, 0) is 0 Å². The van der Waals surface area contributed by atoms with Crippen LogP contribution in [0, 0.1) is 5.82 Å². The van der Waals surface area contributed by atoms with Crippen molar-refractivity contribution in [3.8, 4) is 0 Å². The molecule has 20 heavy (non-hydrogen) atoms. The fraction of sp³-hybridized carbons (Fsp3) is 0.250. The van der Waals surface area contributed by atoms with Crippen LogP contribution in [0.1, 0.15) is 37.1 Å². The Labute approximate surface area is 128 Å². The molecule has 0 radical (unpaired) electrons. The van der Waals surface area contributed by atoms with E-state index >= 15 is 0 Å². The lowest BCUT2D eigenvalue weighted by Gasteiger charge is -2.21. The number of benzene rings is 2. The first-order valence-corrected chi connectivity index (χ1v) is 7.19. The lowest BCUT2D eigenvalue weighted by atomic mass is 10.0. The number of hydrogen-bond donors (Lipinski definition) is 1. The molecular weight excluding hydrogens is 296 g/mol. The molecule has 2 atom stereocenters. The van der Waals surface area contributed by atoms with Crippen molar-refractivity contribution < 1.29 is 4.39 Å². The van der Waals surface area contributed by atoms with Crippen molar-refractivity contribution in [3.63, 3.8) is 0 Å². The van der Waals surface area contributed by atoms with Gasteiger partial charge in [-0.15, -0.1) is 0 Å². The van der Waals surface area contributed by atoms with E-state index in [0.29, 0.717) is 10.0 Å². The zero-order chi connectivity index (χ0) is 14.7. The summed E-state index contributed by atoms with van der Waals surface area (Å²) >= 11 is 12.1. The predicted molar refractivity (Wildman–Crippen MR) is 82.8 cm³/mol. The summed E-state index contributed by atoms with van der Waals surface area (Å²) in [4.78, 5) is 0. The van der Waals surface area contributed by atoms with Crippen LogP contribution in [0.2, 0.25) is 10.0 Å². The van der Waals surface area contributed by atoms with E-state index in [1.165, 1.54) is 12.1 Å². The molecule has 2 rings (SSSR count). The van der Waals surface area contributed by atoms with E-state index in [9.17, 15) is 4.39 Å². The monoisotopic (exact) mass is 311 g/mol. The summed E-state index contributed by atoms with van der Waals surface area (Å²) < 4.78 is 13.2. The molecule has 0 amide bonds. The summed E-state index contributed by atoms with van der Waals surface area (Å²) in [5, 5.41) is 4.65. The normalized spacial score (nSPS) is 14.1. The summed E-state index contributed by atoms with van der Waals surface area (Å²) in [5.74, 6) is -0.228. The number of hydrogen-bond acceptors (Lipinski definition) is 1. The highest BCUT2D eigenvalue weighted by atomic mass is 35.5. The molecule has 0 saturated carbocycles. The fourth-order valence-corrected chi connectivity index (χ4v) is 2.76. The Balaban J connectivity index is 2.12. The molecule has 2 aromatic rings. The van der Waals surface area contributed by atoms with E-state index in [-0.39, 0.29) is 17.9 Å². The second-order valence-electron chi connectivity index (χ2n) is 4.83. The molecule has 0 heterocycles. The summed E-state index contributed by atoms with van der Waals surface area (Å²) in [6, 6.07) is 12.1.